The predicted molar refractivity (Wildman–Crippen MR) is 88.2 cm³/mol. The molecule has 1 aromatic carbocycles. The normalized spacial score (nSPS) is 12.7. The number of thiazole rings is 1. The number of nitrogens with zero attached hydrogens (tertiary/aromatic N) is 1. The minimum Gasteiger partial charge on any atom is -0.385 e. The molecule has 1 heterocycles. The van der Waals surface area contributed by atoms with Gasteiger partial charge in [-0.2, -0.15) is 0 Å². The maximum atomic E-state index is 5.81. The number of aryl methyl sites for hydroxylation is 1. The van der Waals surface area contributed by atoms with E-state index in [0.717, 1.165) is 35.0 Å². The van der Waals surface area contributed by atoms with Gasteiger partial charge in [0.25, 0.3) is 0 Å². The Bertz CT molecular complexity index is 548. The Hall–Kier alpha value is -1.39. The Morgan fingerprint density at radius 2 is 2.15 bits per heavy atom. The van der Waals surface area contributed by atoms with Crippen LogP contribution in [-0.4, -0.2) is 18.1 Å². The molecule has 1 unspecified atom stereocenters. The third-order valence-electron chi connectivity index (χ3n) is 3.59. The molecule has 0 aliphatic carbocycles. The number of nitrogens with two attached hydrogens (primary N) is 1. The van der Waals surface area contributed by atoms with Crippen molar-refractivity contribution < 1.29 is 0 Å². The van der Waals surface area contributed by atoms with Crippen LogP contribution in [-0.2, 0) is 0 Å². The van der Waals surface area contributed by atoms with E-state index >= 15 is 0 Å². The van der Waals surface area contributed by atoms with Crippen LogP contribution in [0.2, 0.25) is 0 Å². The second-order valence-corrected chi connectivity index (χ2v) is 6.52. The summed E-state index contributed by atoms with van der Waals surface area (Å²) in [4.78, 5) is 4.53. The first-order valence-electron chi connectivity index (χ1n) is 7.06. The van der Waals surface area contributed by atoms with Gasteiger partial charge in [0.15, 0.2) is 0 Å². The second kappa shape index (κ2) is 6.86. The molecule has 1 aromatic heterocycles. The third kappa shape index (κ3) is 3.81. The standard InChI is InChI=1S/C16H23N3S/c1-11(2)14(8-17)9-18-15-6-4-5-13(7-15)16-10-20-12(3)19-16/h4-7,10-11,14,18H,8-9,17H2,1-3H3. The van der Waals surface area contributed by atoms with Crippen molar-refractivity contribution in [3.05, 3.63) is 34.7 Å². The Labute approximate surface area is 125 Å². The first kappa shape index (κ1) is 15.0. The molecule has 0 saturated carbocycles. The summed E-state index contributed by atoms with van der Waals surface area (Å²) in [6.45, 7) is 8.09. The molecule has 2 aromatic rings. The van der Waals surface area contributed by atoms with Crippen molar-refractivity contribution in [2.75, 3.05) is 18.4 Å². The zero-order chi connectivity index (χ0) is 14.5. The van der Waals surface area contributed by atoms with Crippen molar-refractivity contribution in [2.45, 2.75) is 20.8 Å². The Kier molecular flexibility index (Phi) is 5.15. The van der Waals surface area contributed by atoms with Crippen molar-refractivity contribution in [1.29, 1.82) is 0 Å². The minimum atomic E-state index is 0.500. The van der Waals surface area contributed by atoms with Crippen LogP contribution < -0.4 is 11.1 Å². The summed E-state index contributed by atoms with van der Waals surface area (Å²) in [6, 6.07) is 8.42. The van der Waals surface area contributed by atoms with Gasteiger partial charge in [-0.15, -0.1) is 11.3 Å². The first-order valence-corrected chi connectivity index (χ1v) is 7.94. The van der Waals surface area contributed by atoms with E-state index in [4.69, 9.17) is 5.73 Å². The first-order chi connectivity index (χ1) is 9.60. The quantitative estimate of drug-likeness (QED) is 0.851. The molecular formula is C16H23N3S. The lowest BCUT2D eigenvalue weighted by Gasteiger charge is -2.20. The zero-order valence-corrected chi connectivity index (χ0v) is 13.2. The van der Waals surface area contributed by atoms with E-state index in [1.54, 1.807) is 11.3 Å². The Balaban J connectivity index is 2.06. The van der Waals surface area contributed by atoms with Crippen LogP contribution in [0.3, 0.4) is 0 Å². The topological polar surface area (TPSA) is 50.9 Å². The molecule has 0 fully saturated rings. The van der Waals surface area contributed by atoms with E-state index in [1.807, 2.05) is 6.92 Å². The molecule has 4 heteroatoms. The van der Waals surface area contributed by atoms with Crippen molar-refractivity contribution in [3.63, 3.8) is 0 Å². The number of hydrogen-bond donors (Lipinski definition) is 2. The highest BCUT2D eigenvalue weighted by Crippen LogP contribution is 2.24. The van der Waals surface area contributed by atoms with Gasteiger partial charge in [-0.1, -0.05) is 26.0 Å². The van der Waals surface area contributed by atoms with Crippen molar-refractivity contribution >= 4 is 17.0 Å². The number of benzene rings is 1. The lowest BCUT2D eigenvalue weighted by atomic mass is 9.96. The summed E-state index contributed by atoms with van der Waals surface area (Å²) in [5.74, 6) is 1.09. The SMILES string of the molecule is Cc1nc(-c2cccc(NCC(CN)C(C)C)c2)cs1. The maximum absolute atomic E-state index is 5.81. The Morgan fingerprint density at radius 1 is 1.35 bits per heavy atom. The van der Waals surface area contributed by atoms with Crippen LogP contribution in [0.25, 0.3) is 11.3 Å². The molecule has 108 valence electrons. The molecule has 0 amide bonds. The van der Waals surface area contributed by atoms with Crippen LogP contribution >= 0.6 is 11.3 Å². The minimum absolute atomic E-state index is 0.500. The average molecular weight is 289 g/mol. The zero-order valence-electron chi connectivity index (χ0n) is 12.4. The maximum Gasteiger partial charge on any atom is 0.0901 e. The van der Waals surface area contributed by atoms with Gasteiger partial charge in [-0.25, -0.2) is 4.98 Å². The summed E-state index contributed by atoms with van der Waals surface area (Å²) in [5, 5.41) is 6.69. The van der Waals surface area contributed by atoms with Gasteiger partial charge >= 0.3 is 0 Å². The van der Waals surface area contributed by atoms with Crippen LogP contribution in [0.1, 0.15) is 18.9 Å². The molecule has 20 heavy (non-hydrogen) atoms. The third-order valence-corrected chi connectivity index (χ3v) is 4.36. The summed E-state index contributed by atoms with van der Waals surface area (Å²) in [5.41, 5.74) is 9.16. The van der Waals surface area contributed by atoms with Crippen LogP contribution in [0.5, 0.6) is 0 Å². The lowest BCUT2D eigenvalue weighted by molar-refractivity contribution is 0.413. The van der Waals surface area contributed by atoms with E-state index < -0.39 is 0 Å². The van der Waals surface area contributed by atoms with Crippen molar-refractivity contribution in [3.8, 4) is 11.3 Å². The van der Waals surface area contributed by atoms with Crippen molar-refractivity contribution in [1.82, 2.24) is 4.98 Å². The molecule has 0 radical (unpaired) electrons. The van der Waals surface area contributed by atoms with Crippen LogP contribution in [0, 0.1) is 18.8 Å². The number of rotatable bonds is 6. The van der Waals surface area contributed by atoms with Gasteiger partial charge in [0.2, 0.25) is 0 Å². The van der Waals surface area contributed by atoms with Gasteiger partial charge in [0, 0.05) is 23.2 Å². The number of aromatic nitrogens is 1. The molecule has 2 rings (SSSR count). The van der Waals surface area contributed by atoms with Crippen molar-refractivity contribution in [2.24, 2.45) is 17.6 Å². The number of nitrogens with one attached hydrogen (secondary N) is 1. The smallest absolute Gasteiger partial charge is 0.0901 e. The van der Waals surface area contributed by atoms with Gasteiger partial charge in [-0.05, 0) is 37.4 Å². The van der Waals surface area contributed by atoms with Gasteiger partial charge in [0.1, 0.15) is 0 Å². The van der Waals surface area contributed by atoms with E-state index in [9.17, 15) is 0 Å². The molecule has 3 nitrogen and oxygen atoms in total. The fourth-order valence-corrected chi connectivity index (χ4v) is 2.75. The largest absolute Gasteiger partial charge is 0.385 e. The summed E-state index contributed by atoms with van der Waals surface area (Å²) < 4.78 is 0. The summed E-state index contributed by atoms with van der Waals surface area (Å²) in [7, 11) is 0. The second-order valence-electron chi connectivity index (χ2n) is 5.45. The van der Waals surface area contributed by atoms with Crippen LogP contribution in [0.4, 0.5) is 5.69 Å². The van der Waals surface area contributed by atoms with E-state index in [-0.39, 0.29) is 0 Å². The predicted octanol–water partition coefficient (Wildman–Crippen LogP) is 3.76. The van der Waals surface area contributed by atoms with Gasteiger partial charge in [-0.3, -0.25) is 0 Å². The highest BCUT2D eigenvalue weighted by molar-refractivity contribution is 7.09. The highest BCUT2D eigenvalue weighted by atomic mass is 32.1. The molecule has 0 bridgehead atoms. The number of anilines is 1. The fraction of sp³-hybridized carbons (Fsp3) is 0.438. The monoisotopic (exact) mass is 289 g/mol. The molecule has 0 aliphatic heterocycles. The molecule has 0 spiro atoms. The van der Waals surface area contributed by atoms with Gasteiger partial charge < -0.3 is 11.1 Å². The number of hydrogen-bond acceptors (Lipinski definition) is 4. The molecule has 1 atom stereocenters. The molecule has 3 N–H and O–H groups in total. The molecule has 0 saturated heterocycles. The van der Waals surface area contributed by atoms with Gasteiger partial charge in [0.05, 0.1) is 10.7 Å². The van der Waals surface area contributed by atoms with Crippen LogP contribution in [0.15, 0.2) is 29.6 Å². The summed E-state index contributed by atoms with van der Waals surface area (Å²) >= 11 is 1.68. The lowest BCUT2D eigenvalue weighted by Crippen LogP contribution is -2.27. The van der Waals surface area contributed by atoms with E-state index in [0.29, 0.717) is 11.8 Å². The fourth-order valence-electron chi connectivity index (χ4n) is 2.12. The molecule has 0 aliphatic rings. The van der Waals surface area contributed by atoms with E-state index in [1.165, 1.54) is 0 Å². The molecular weight excluding hydrogens is 266 g/mol. The average Bonchev–Trinajstić information content (AvgIpc) is 2.86. The summed E-state index contributed by atoms with van der Waals surface area (Å²) in [6.07, 6.45) is 0. The van der Waals surface area contributed by atoms with E-state index in [2.05, 4.69) is 53.8 Å². The Morgan fingerprint density at radius 3 is 2.75 bits per heavy atom. The highest BCUT2D eigenvalue weighted by Gasteiger charge is 2.11.